The van der Waals surface area contributed by atoms with Gasteiger partial charge in [0.2, 0.25) is 0 Å². The summed E-state index contributed by atoms with van der Waals surface area (Å²) in [5.74, 6) is 0.585. The number of ether oxygens (including phenoxy) is 2. The number of methoxy groups -OCH3 is 2. The molecule has 2 aromatic carbocycles. The van der Waals surface area contributed by atoms with E-state index < -0.39 is 10.8 Å². The van der Waals surface area contributed by atoms with Gasteiger partial charge in [-0.15, -0.1) is 11.3 Å². The molecule has 0 atom stereocenters. The van der Waals surface area contributed by atoms with Crippen LogP contribution in [-0.4, -0.2) is 30.0 Å². The van der Waals surface area contributed by atoms with Crippen molar-refractivity contribution in [3.05, 3.63) is 63.0 Å². The number of benzene rings is 2. The number of carbonyl (C=O) groups is 1. The molecular weight excluding hydrogens is 382 g/mol. The zero-order valence-corrected chi connectivity index (χ0v) is 16.2. The van der Waals surface area contributed by atoms with E-state index in [0.717, 1.165) is 10.4 Å². The van der Waals surface area contributed by atoms with Gasteiger partial charge in [0.05, 0.1) is 24.8 Å². The van der Waals surface area contributed by atoms with Crippen molar-refractivity contribution in [3.63, 3.8) is 0 Å². The molecule has 3 aromatic rings. The molecule has 0 fully saturated rings. The lowest BCUT2D eigenvalue weighted by molar-refractivity contribution is -0.385. The fraction of sp³-hybridized carbons (Fsp3) is 0.158. The summed E-state index contributed by atoms with van der Waals surface area (Å²) in [5, 5.41) is 14.1. The fourth-order valence-electron chi connectivity index (χ4n) is 2.69. The number of nitro groups is 1. The minimum Gasteiger partial charge on any atom is -0.493 e. The highest BCUT2D eigenvalue weighted by Crippen LogP contribution is 2.36. The molecule has 0 aliphatic heterocycles. The quantitative estimate of drug-likeness (QED) is 0.490. The number of nitro benzene ring substituents is 1. The highest BCUT2D eigenvalue weighted by Gasteiger charge is 2.21. The van der Waals surface area contributed by atoms with E-state index in [0.29, 0.717) is 22.3 Å². The van der Waals surface area contributed by atoms with E-state index in [-0.39, 0.29) is 11.3 Å². The monoisotopic (exact) mass is 399 g/mol. The molecule has 0 bridgehead atoms. The largest absolute Gasteiger partial charge is 0.493 e. The Kier molecular flexibility index (Phi) is 5.55. The first-order valence-corrected chi connectivity index (χ1v) is 9.00. The van der Waals surface area contributed by atoms with Crippen molar-refractivity contribution in [3.8, 4) is 22.8 Å². The lowest BCUT2D eigenvalue weighted by Gasteiger charge is -2.08. The summed E-state index contributed by atoms with van der Waals surface area (Å²) in [7, 11) is 3.11. The highest BCUT2D eigenvalue weighted by atomic mass is 32.1. The van der Waals surface area contributed by atoms with Crippen LogP contribution in [0.5, 0.6) is 11.5 Å². The van der Waals surface area contributed by atoms with Crippen LogP contribution >= 0.6 is 11.3 Å². The van der Waals surface area contributed by atoms with Crippen molar-refractivity contribution in [2.75, 3.05) is 19.5 Å². The Balaban J connectivity index is 1.89. The number of thiazole rings is 1. The van der Waals surface area contributed by atoms with Gasteiger partial charge in [-0.3, -0.25) is 20.2 Å². The van der Waals surface area contributed by atoms with Gasteiger partial charge in [-0.1, -0.05) is 12.1 Å². The third kappa shape index (κ3) is 3.79. The number of para-hydroxylation sites is 1. The molecule has 0 unspecified atom stereocenters. The van der Waals surface area contributed by atoms with Crippen molar-refractivity contribution in [1.29, 1.82) is 0 Å². The van der Waals surface area contributed by atoms with Crippen LogP contribution in [0.2, 0.25) is 0 Å². The molecule has 1 N–H and O–H groups in total. The molecule has 1 amide bonds. The Hall–Kier alpha value is -3.46. The zero-order chi connectivity index (χ0) is 20.3. The second-order valence-corrected chi connectivity index (χ2v) is 6.93. The van der Waals surface area contributed by atoms with E-state index in [1.54, 1.807) is 32.4 Å². The average molecular weight is 399 g/mol. The summed E-state index contributed by atoms with van der Waals surface area (Å²) in [6.45, 7) is 1.88. The van der Waals surface area contributed by atoms with Crippen molar-refractivity contribution in [1.82, 2.24) is 4.98 Å². The van der Waals surface area contributed by atoms with Gasteiger partial charge >= 0.3 is 0 Å². The van der Waals surface area contributed by atoms with E-state index in [2.05, 4.69) is 10.3 Å². The third-order valence-corrected chi connectivity index (χ3v) is 4.91. The molecule has 0 radical (unpaired) electrons. The molecule has 28 heavy (non-hydrogen) atoms. The highest BCUT2D eigenvalue weighted by molar-refractivity contribution is 7.16. The van der Waals surface area contributed by atoms with E-state index >= 15 is 0 Å². The minimum absolute atomic E-state index is 0.0204. The first-order valence-electron chi connectivity index (χ1n) is 8.19. The van der Waals surface area contributed by atoms with E-state index in [9.17, 15) is 14.9 Å². The second-order valence-electron chi connectivity index (χ2n) is 5.72. The van der Waals surface area contributed by atoms with Gasteiger partial charge in [-0.2, -0.15) is 0 Å². The fourth-order valence-corrected chi connectivity index (χ4v) is 3.52. The number of nitrogens with one attached hydrogen (secondary N) is 1. The van der Waals surface area contributed by atoms with Gasteiger partial charge in [-0.25, -0.2) is 4.98 Å². The molecular formula is C19H17N3O5S. The van der Waals surface area contributed by atoms with Gasteiger partial charge in [0.15, 0.2) is 16.6 Å². The number of rotatable bonds is 6. The van der Waals surface area contributed by atoms with Crippen LogP contribution in [-0.2, 0) is 0 Å². The first-order chi connectivity index (χ1) is 13.4. The van der Waals surface area contributed by atoms with Crippen LogP contribution in [0.1, 0.15) is 15.2 Å². The predicted molar refractivity (Wildman–Crippen MR) is 106 cm³/mol. The number of nitrogens with zero attached hydrogens (tertiary/aromatic N) is 2. The second kappa shape index (κ2) is 8.05. The maximum absolute atomic E-state index is 12.5. The summed E-state index contributed by atoms with van der Waals surface area (Å²) < 4.78 is 10.6. The molecule has 0 saturated carbocycles. The lowest BCUT2D eigenvalue weighted by Crippen LogP contribution is -2.13. The van der Waals surface area contributed by atoms with E-state index in [1.807, 2.05) is 13.0 Å². The smallest absolute Gasteiger partial charge is 0.282 e. The van der Waals surface area contributed by atoms with Crippen molar-refractivity contribution in [2.24, 2.45) is 0 Å². The molecule has 8 nitrogen and oxygen atoms in total. The standard InChI is InChI=1S/C19H17N3O5S/c1-11-17(12-8-9-15(26-2)16(10-12)27-3)20-19(28-11)21-18(23)13-6-4-5-7-14(13)22(24)25/h4-10H,1-3H3,(H,20,21,23). The van der Waals surface area contributed by atoms with E-state index in [1.165, 1.54) is 29.5 Å². The van der Waals surface area contributed by atoms with Crippen molar-refractivity contribution in [2.45, 2.75) is 6.92 Å². The molecule has 3 rings (SSSR count). The summed E-state index contributed by atoms with van der Waals surface area (Å²) >= 11 is 1.28. The Morgan fingerprint density at radius 1 is 1.14 bits per heavy atom. The Labute approximate surface area is 164 Å². The van der Waals surface area contributed by atoms with Crippen LogP contribution in [0.15, 0.2) is 42.5 Å². The first kappa shape index (κ1) is 19.3. The van der Waals surface area contributed by atoms with Crippen LogP contribution in [0.3, 0.4) is 0 Å². The maximum Gasteiger partial charge on any atom is 0.282 e. The Bertz CT molecular complexity index is 1050. The summed E-state index contributed by atoms with van der Waals surface area (Å²) in [5.41, 5.74) is 1.21. The van der Waals surface area contributed by atoms with Crippen LogP contribution in [0.25, 0.3) is 11.3 Å². The molecule has 144 valence electrons. The minimum atomic E-state index is -0.586. The van der Waals surface area contributed by atoms with E-state index in [4.69, 9.17) is 9.47 Å². The summed E-state index contributed by atoms with van der Waals surface area (Å²) in [6.07, 6.45) is 0. The normalized spacial score (nSPS) is 10.4. The number of hydrogen-bond donors (Lipinski definition) is 1. The molecule has 0 saturated heterocycles. The third-order valence-electron chi connectivity index (χ3n) is 4.02. The average Bonchev–Trinajstić information content (AvgIpc) is 3.07. The topological polar surface area (TPSA) is 104 Å². The van der Waals surface area contributed by atoms with Crippen LogP contribution in [0, 0.1) is 17.0 Å². The SMILES string of the molecule is COc1ccc(-c2nc(NC(=O)c3ccccc3[N+](=O)[O-])sc2C)cc1OC. The molecule has 0 aliphatic rings. The molecule has 1 heterocycles. The number of amides is 1. The maximum atomic E-state index is 12.5. The number of aromatic nitrogens is 1. The predicted octanol–water partition coefficient (Wildman–Crippen LogP) is 4.30. The molecule has 0 spiro atoms. The van der Waals surface area contributed by atoms with Gasteiger partial charge < -0.3 is 9.47 Å². The molecule has 0 aliphatic carbocycles. The van der Waals surface area contributed by atoms with Gasteiger partial charge in [0.25, 0.3) is 11.6 Å². The van der Waals surface area contributed by atoms with Crippen molar-refractivity contribution < 1.29 is 19.2 Å². The van der Waals surface area contributed by atoms with Gasteiger partial charge in [0.1, 0.15) is 5.56 Å². The van der Waals surface area contributed by atoms with Crippen LogP contribution in [0.4, 0.5) is 10.8 Å². The number of aryl methyl sites for hydroxylation is 1. The molecule has 1 aromatic heterocycles. The van der Waals surface area contributed by atoms with Crippen LogP contribution < -0.4 is 14.8 Å². The number of hydrogen-bond acceptors (Lipinski definition) is 7. The Morgan fingerprint density at radius 2 is 1.86 bits per heavy atom. The summed E-state index contributed by atoms with van der Waals surface area (Å²) in [4.78, 5) is 28.4. The van der Waals surface area contributed by atoms with Crippen molar-refractivity contribution >= 4 is 28.1 Å². The number of carbonyl (C=O) groups excluding carboxylic acids is 1. The zero-order valence-electron chi connectivity index (χ0n) is 15.4. The number of anilines is 1. The Morgan fingerprint density at radius 3 is 2.54 bits per heavy atom. The van der Waals surface area contributed by atoms with Gasteiger partial charge in [0, 0.05) is 16.5 Å². The molecule has 9 heteroatoms. The summed E-state index contributed by atoms with van der Waals surface area (Å²) in [6, 6.07) is 11.2. The lowest BCUT2D eigenvalue weighted by atomic mass is 10.1. The van der Waals surface area contributed by atoms with Gasteiger partial charge in [-0.05, 0) is 31.2 Å².